The van der Waals surface area contributed by atoms with Gasteiger partial charge in [-0.3, -0.25) is 9.89 Å². The number of para-hydroxylation sites is 1. The second-order valence-electron chi connectivity index (χ2n) is 11.2. The Hall–Kier alpha value is -4.58. The number of fused-ring (bicyclic) bond motifs is 1. The normalized spacial score (nSPS) is 14.9. The Morgan fingerprint density at radius 3 is 2.30 bits per heavy atom. The van der Waals surface area contributed by atoms with Crippen molar-refractivity contribution in [3.8, 4) is 5.69 Å². The van der Waals surface area contributed by atoms with Crippen LogP contribution in [0.5, 0.6) is 0 Å². The number of aromatic carboxylic acids is 1. The molecule has 0 fully saturated rings. The summed E-state index contributed by atoms with van der Waals surface area (Å²) in [5.41, 5.74) is 7.97. The molecule has 0 amide bonds. The smallest absolute Gasteiger partial charge is 0.354 e. The number of carboxylic acid groups (broad SMARTS) is 1. The third-order valence-electron chi connectivity index (χ3n) is 8.19. The van der Waals surface area contributed by atoms with Gasteiger partial charge in [-0.2, -0.15) is 0 Å². The molecule has 0 bridgehead atoms. The molecule has 2 N–H and O–H groups in total. The van der Waals surface area contributed by atoms with Crippen LogP contribution in [-0.4, -0.2) is 27.4 Å². The molecule has 0 saturated heterocycles. The van der Waals surface area contributed by atoms with Crippen LogP contribution in [-0.2, 0) is 5.41 Å². The first kappa shape index (κ1) is 27.0. The van der Waals surface area contributed by atoms with Gasteiger partial charge in [-0.05, 0) is 96.9 Å². The van der Waals surface area contributed by atoms with Crippen molar-refractivity contribution in [2.75, 3.05) is 11.4 Å². The molecule has 0 unspecified atom stereocenters. The van der Waals surface area contributed by atoms with Crippen molar-refractivity contribution in [3.05, 3.63) is 123 Å². The average molecular weight is 534 g/mol. The Bertz CT molecular complexity index is 1700. The summed E-state index contributed by atoms with van der Waals surface area (Å²) in [6.45, 7) is 15.7. The highest BCUT2D eigenvalue weighted by Gasteiger charge is 2.32. The monoisotopic (exact) mass is 533 g/mol. The maximum atomic E-state index is 13.4. The summed E-state index contributed by atoms with van der Waals surface area (Å²) in [5, 5.41) is 12.7. The number of anilines is 2. The van der Waals surface area contributed by atoms with Gasteiger partial charge < -0.3 is 10.0 Å². The zero-order chi connectivity index (χ0) is 28.8. The first-order valence-corrected chi connectivity index (χ1v) is 13.5. The predicted octanol–water partition coefficient (Wildman–Crippen LogP) is 7.50. The van der Waals surface area contributed by atoms with Gasteiger partial charge in [0.1, 0.15) is 0 Å². The van der Waals surface area contributed by atoms with Gasteiger partial charge in [0.15, 0.2) is 5.69 Å². The number of rotatable bonds is 6. The van der Waals surface area contributed by atoms with Crippen molar-refractivity contribution in [3.63, 3.8) is 0 Å². The molecule has 0 atom stereocenters. The summed E-state index contributed by atoms with van der Waals surface area (Å²) in [6.07, 6.45) is 1.01. The van der Waals surface area contributed by atoms with Gasteiger partial charge in [0.05, 0.1) is 11.3 Å². The maximum Gasteiger partial charge on any atom is 0.354 e. The van der Waals surface area contributed by atoms with E-state index < -0.39 is 11.5 Å². The summed E-state index contributed by atoms with van der Waals surface area (Å²) in [6, 6.07) is 24.1. The van der Waals surface area contributed by atoms with Crippen molar-refractivity contribution >= 4 is 28.5 Å². The van der Waals surface area contributed by atoms with E-state index in [2.05, 4.69) is 79.8 Å². The van der Waals surface area contributed by atoms with Crippen LogP contribution >= 0.6 is 0 Å². The van der Waals surface area contributed by atoms with Crippen molar-refractivity contribution in [2.24, 2.45) is 0 Å². The Balaban J connectivity index is 1.57. The summed E-state index contributed by atoms with van der Waals surface area (Å²) in [4.78, 5) is 28.0. The van der Waals surface area contributed by atoms with E-state index in [0.29, 0.717) is 11.3 Å². The van der Waals surface area contributed by atoms with E-state index in [9.17, 15) is 14.7 Å². The van der Waals surface area contributed by atoms with E-state index in [1.807, 2.05) is 19.9 Å². The largest absolute Gasteiger partial charge is 0.477 e. The topological polar surface area (TPSA) is 78.3 Å². The summed E-state index contributed by atoms with van der Waals surface area (Å²) >= 11 is 0. The van der Waals surface area contributed by atoms with Gasteiger partial charge >= 0.3 is 5.97 Å². The molecule has 204 valence electrons. The van der Waals surface area contributed by atoms with Gasteiger partial charge in [-0.25, -0.2) is 9.48 Å². The van der Waals surface area contributed by atoms with Gasteiger partial charge in [0.25, 0.3) is 5.56 Å². The van der Waals surface area contributed by atoms with E-state index in [1.54, 1.807) is 24.3 Å². The molecular weight excluding hydrogens is 498 g/mol. The molecule has 6 nitrogen and oxygen atoms in total. The Kier molecular flexibility index (Phi) is 6.88. The summed E-state index contributed by atoms with van der Waals surface area (Å²) in [7, 11) is 0. The number of hydrogen-bond acceptors (Lipinski definition) is 3. The SMILES string of the molecule is C=C(C(C)=C(C)c1ccc2c(c1)C(C)(C)CCN2c1ccc(C)cc1)c1c(C(=O)O)[nH]n(-c2ccccc2)c1=O. The third kappa shape index (κ3) is 4.70. The van der Waals surface area contributed by atoms with E-state index in [4.69, 9.17) is 0 Å². The van der Waals surface area contributed by atoms with Crippen LogP contribution in [0, 0.1) is 6.92 Å². The number of carboxylic acids is 1. The first-order chi connectivity index (χ1) is 19.0. The number of carbonyl (C=O) groups is 1. The minimum Gasteiger partial charge on any atom is -0.477 e. The van der Waals surface area contributed by atoms with Crippen molar-refractivity contribution in [2.45, 2.75) is 46.5 Å². The number of aromatic amines is 1. The Labute approximate surface area is 234 Å². The molecule has 0 aliphatic carbocycles. The number of aryl methyl sites for hydroxylation is 1. The van der Waals surface area contributed by atoms with Crippen LogP contribution in [0.15, 0.2) is 89.7 Å². The molecule has 5 rings (SSSR count). The van der Waals surface area contributed by atoms with Crippen molar-refractivity contribution in [1.82, 2.24) is 9.78 Å². The average Bonchev–Trinajstić information content (AvgIpc) is 3.30. The second-order valence-corrected chi connectivity index (χ2v) is 11.2. The van der Waals surface area contributed by atoms with Crippen LogP contribution < -0.4 is 10.5 Å². The zero-order valence-corrected chi connectivity index (χ0v) is 23.7. The van der Waals surface area contributed by atoms with E-state index in [-0.39, 0.29) is 16.7 Å². The lowest BCUT2D eigenvalue weighted by Gasteiger charge is -2.40. The number of nitrogens with zero attached hydrogens (tertiary/aromatic N) is 2. The van der Waals surface area contributed by atoms with Crippen LogP contribution in [0.4, 0.5) is 11.4 Å². The van der Waals surface area contributed by atoms with Gasteiger partial charge in [-0.15, -0.1) is 0 Å². The molecule has 40 heavy (non-hydrogen) atoms. The Morgan fingerprint density at radius 2 is 1.65 bits per heavy atom. The number of hydrogen-bond donors (Lipinski definition) is 2. The van der Waals surface area contributed by atoms with Gasteiger partial charge in [-0.1, -0.05) is 62.4 Å². The van der Waals surface area contributed by atoms with Crippen LogP contribution in [0.3, 0.4) is 0 Å². The lowest BCUT2D eigenvalue weighted by molar-refractivity contribution is 0.0689. The molecular formula is C34H35N3O3. The fraction of sp³-hybridized carbons (Fsp3) is 0.235. The zero-order valence-electron chi connectivity index (χ0n) is 23.7. The van der Waals surface area contributed by atoms with E-state index in [0.717, 1.165) is 29.7 Å². The quantitative estimate of drug-likeness (QED) is 0.252. The standard InChI is InChI=1S/C34H35N3O3/c1-21-12-15-26(16-13-21)36-19-18-34(5,6)28-20-25(14-17-29(28)36)23(3)22(2)24(4)30-31(33(39)40)35-37(32(30)38)27-10-8-7-9-11-27/h7-17,20,35H,4,18-19H2,1-3,5-6H3,(H,39,40). The minimum atomic E-state index is -1.21. The highest BCUT2D eigenvalue weighted by molar-refractivity contribution is 5.97. The summed E-state index contributed by atoms with van der Waals surface area (Å²) in [5.74, 6) is -1.21. The molecule has 1 aromatic heterocycles. The fourth-order valence-electron chi connectivity index (χ4n) is 5.45. The molecule has 0 spiro atoms. The molecule has 3 aromatic carbocycles. The van der Waals surface area contributed by atoms with Crippen molar-refractivity contribution in [1.29, 1.82) is 0 Å². The van der Waals surface area contributed by atoms with Crippen molar-refractivity contribution < 1.29 is 9.90 Å². The van der Waals surface area contributed by atoms with Gasteiger partial charge in [0, 0.05) is 17.9 Å². The number of benzene rings is 3. The van der Waals surface area contributed by atoms with Crippen LogP contribution in [0.1, 0.15) is 66.9 Å². The highest BCUT2D eigenvalue weighted by Crippen LogP contribution is 2.44. The minimum absolute atomic E-state index is 0.0156. The molecule has 1 aliphatic heterocycles. The maximum absolute atomic E-state index is 13.4. The first-order valence-electron chi connectivity index (χ1n) is 13.5. The highest BCUT2D eigenvalue weighted by atomic mass is 16.4. The predicted molar refractivity (Wildman–Crippen MR) is 163 cm³/mol. The molecule has 1 aliphatic rings. The molecule has 6 heteroatoms. The molecule has 4 aromatic rings. The lowest BCUT2D eigenvalue weighted by Crippen LogP contribution is -2.34. The Morgan fingerprint density at radius 1 is 0.975 bits per heavy atom. The summed E-state index contributed by atoms with van der Waals surface area (Å²) < 4.78 is 1.26. The van der Waals surface area contributed by atoms with E-state index >= 15 is 0 Å². The number of allylic oxidation sites excluding steroid dienone is 3. The second kappa shape index (κ2) is 10.2. The van der Waals surface area contributed by atoms with Crippen LogP contribution in [0.25, 0.3) is 16.8 Å². The number of aromatic nitrogens is 2. The molecule has 2 heterocycles. The lowest BCUT2D eigenvalue weighted by atomic mass is 9.76. The number of H-pyrrole nitrogens is 1. The number of nitrogens with one attached hydrogen (secondary N) is 1. The van der Waals surface area contributed by atoms with Crippen LogP contribution in [0.2, 0.25) is 0 Å². The van der Waals surface area contributed by atoms with E-state index in [1.165, 1.54) is 27.2 Å². The molecule has 0 radical (unpaired) electrons. The molecule has 0 saturated carbocycles. The van der Waals surface area contributed by atoms with Gasteiger partial charge in [0.2, 0.25) is 0 Å². The third-order valence-corrected chi connectivity index (χ3v) is 8.19. The fourth-order valence-corrected chi connectivity index (χ4v) is 5.45.